The Hall–Kier alpha value is -5.41. The van der Waals surface area contributed by atoms with Crippen LogP contribution in [-0.4, -0.2) is 31.1 Å². The summed E-state index contributed by atoms with van der Waals surface area (Å²) in [7, 11) is 2.94. The molecular weight excluding hydrogens is 556 g/mol. The molecule has 0 aliphatic rings. The number of nitrogens with zero attached hydrogens (tertiary/aromatic N) is 2. The van der Waals surface area contributed by atoms with E-state index in [4.69, 9.17) is 21.1 Å². The number of aromatic hydroxyl groups is 1. The summed E-state index contributed by atoms with van der Waals surface area (Å²) >= 11 is 6.11. The minimum absolute atomic E-state index is 0.0346. The summed E-state index contributed by atoms with van der Waals surface area (Å²) in [6, 6.07) is 27.3. The fraction of sp³-hybridized carbons (Fsp3) is 0.0625. The highest BCUT2D eigenvalue weighted by Crippen LogP contribution is 2.41. The van der Waals surface area contributed by atoms with Gasteiger partial charge in [-0.1, -0.05) is 54.1 Å². The molecule has 0 aromatic heterocycles. The molecular formula is C32H25ClN4O5. The van der Waals surface area contributed by atoms with Crippen LogP contribution >= 0.6 is 11.6 Å². The van der Waals surface area contributed by atoms with Crippen molar-refractivity contribution in [3.8, 4) is 17.2 Å². The molecule has 0 aliphatic heterocycles. The number of para-hydroxylation sites is 1. The zero-order chi connectivity index (χ0) is 29.6. The Kier molecular flexibility index (Phi) is 8.31. The Balaban J connectivity index is 1.52. The van der Waals surface area contributed by atoms with Gasteiger partial charge < -0.3 is 25.2 Å². The number of rotatable bonds is 8. The number of hydrogen-bond acceptors (Lipinski definition) is 7. The minimum atomic E-state index is -0.604. The summed E-state index contributed by atoms with van der Waals surface area (Å²) in [6.45, 7) is 0. The quantitative estimate of drug-likeness (QED) is 0.160. The first kappa shape index (κ1) is 28.1. The Morgan fingerprint density at radius 1 is 0.762 bits per heavy atom. The van der Waals surface area contributed by atoms with Crippen molar-refractivity contribution in [3.05, 3.63) is 113 Å². The number of hydrogen-bond donors (Lipinski definition) is 3. The van der Waals surface area contributed by atoms with Crippen molar-refractivity contribution in [2.45, 2.75) is 0 Å². The van der Waals surface area contributed by atoms with Gasteiger partial charge in [0, 0.05) is 21.7 Å². The van der Waals surface area contributed by atoms with Gasteiger partial charge in [0.2, 0.25) is 0 Å². The lowest BCUT2D eigenvalue weighted by Gasteiger charge is -2.13. The SMILES string of the molecule is COc1ccc(C(=O)Nc2ccccc2)cc1/N=N/c1c(O)c(C(=O)Nc2cc(Cl)ccc2OC)cc2ccccc12. The molecule has 0 aliphatic carbocycles. The van der Waals surface area contributed by atoms with Gasteiger partial charge in [-0.15, -0.1) is 10.2 Å². The number of carbonyl (C=O) groups is 2. The molecule has 42 heavy (non-hydrogen) atoms. The number of halogens is 1. The molecule has 0 unspecified atom stereocenters. The number of azo groups is 1. The van der Waals surface area contributed by atoms with E-state index in [9.17, 15) is 14.7 Å². The maximum absolute atomic E-state index is 13.3. The van der Waals surface area contributed by atoms with Gasteiger partial charge in [-0.05, 0) is 60.0 Å². The monoisotopic (exact) mass is 580 g/mol. The van der Waals surface area contributed by atoms with Crippen LogP contribution in [0.25, 0.3) is 10.8 Å². The van der Waals surface area contributed by atoms with Crippen LogP contribution in [0, 0.1) is 0 Å². The Morgan fingerprint density at radius 2 is 1.48 bits per heavy atom. The first-order valence-electron chi connectivity index (χ1n) is 12.7. The standard InChI is InChI=1S/C32H25ClN4O5/c1-41-27-15-13-21(33)18-25(27)35-32(40)24-16-19-8-6-7-11-23(19)29(30(24)38)37-36-26-17-20(12-14-28(26)42-2)31(39)34-22-9-4-3-5-10-22/h3-18,38H,1-2H3,(H,34,39)(H,35,40)/b37-36+. The molecule has 210 valence electrons. The predicted molar refractivity (Wildman–Crippen MR) is 163 cm³/mol. The van der Waals surface area contributed by atoms with E-state index in [1.807, 2.05) is 18.2 Å². The highest BCUT2D eigenvalue weighted by atomic mass is 35.5. The summed E-state index contributed by atoms with van der Waals surface area (Å²) in [5, 5.41) is 27.1. The zero-order valence-electron chi connectivity index (χ0n) is 22.6. The van der Waals surface area contributed by atoms with Gasteiger partial charge in [0.1, 0.15) is 22.9 Å². The van der Waals surface area contributed by atoms with Gasteiger partial charge in [0.15, 0.2) is 5.75 Å². The molecule has 3 N–H and O–H groups in total. The summed E-state index contributed by atoms with van der Waals surface area (Å²) in [4.78, 5) is 26.2. The Morgan fingerprint density at radius 3 is 2.24 bits per heavy atom. The molecule has 0 saturated carbocycles. The van der Waals surface area contributed by atoms with E-state index in [2.05, 4.69) is 20.9 Å². The third kappa shape index (κ3) is 6.01. The molecule has 0 saturated heterocycles. The van der Waals surface area contributed by atoms with Crippen LogP contribution in [0.15, 0.2) is 107 Å². The maximum Gasteiger partial charge on any atom is 0.259 e. The van der Waals surface area contributed by atoms with E-state index in [-0.39, 0.29) is 28.6 Å². The number of amides is 2. The van der Waals surface area contributed by atoms with E-state index in [0.717, 1.165) is 0 Å². The van der Waals surface area contributed by atoms with Gasteiger partial charge in [-0.2, -0.15) is 0 Å². The number of anilines is 2. The third-order valence-electron chi connectivity index (χ3n) is 6.38. The summed E-state index contributed by atoms with van der Waals surface area (Å²) in [6.07, 6.45) is 0. The van der Waals surface area contributed by atoms with Crippen LogP contribution in [0.5, 0.6) is 17.2 Å². The second-order valence-electron chi connectivity index (χ2n) is 9.05. The summed E-state index contributed by atoms with van der Waals surface area (Å²) < 4.78 is 10.8. The van der Waals surface area contributed by atoms with E-state index < -0.39 is 5.91 Å². The predicted octanol–water partition coefficient (Wildman–Crippen LogP) is 8.14. The van der Waals surface area contributed by atoms with Crippen molar-refractivity contribution < 1.29 is 24.2 Å². The number of benzene rings is 5. The van der Waals surface area contributed by atoms with Crippen molar-refractivity contribution >= 4 is 56.9 Å². The lowest BCUT2D eigenvalue weighted by molar-refractivity contribution is 0.101. The summed E-state index contributed by atoms with van der Waals surface area (Å²) in [5.74, 6) is -0.569. The minimum Gasteiger partial charge on any atom is -0.505 e. The highest BCUT2D eigenvalue weighted by Gasteiger charge is 2.20. The third-order valence-corrected chi connectivity index (χ3v) is 6.62. The second kappa shape index (κ2) is 12.4. The first-order chi connectivity index (χ1) is 20.4. The molecule has 2 amide bonds. The average Bonchev–Trinajstić information content (AvgIpc) is 3.00. The van der Waals surface area contributed by atoms with Gasteiger partial charge in [0.25, 0.3) is 11.8 Å². The van der Waals surface area contributed by atoms with Crippen molar-refractivity contribution in [2.24, 2.45) is 10.2 Å². The van der Waals surface area contributed by atoms with Gasteiger partial charge in [0.05, 0.1) is 25.5 Å². The summed E-state index contributed by atoms with van der Waals surface area (Å²) in [5.41, 5.74) is 1.58. The molecule has 5 aromatic rings. The molecule has 10 heteroatoms. The van der Waals surface area contributed by atoms with Crippen LogP contribution in [0.3, 0.4) is 0 Å². The number of phenolic OH excluding ortho intramolecular Hbond substituents is 1. The number of fused-ring (bicyclic) bond motifs is 1. The van der Waals surface area contributed by atoms with Crippen molar-refractivity contribution in [1.29, 1.82) is 0 Å². The van der Waals surface area contributed by atoms with E-state index >= 15 is 0 Å². The van der Waals surface area contributed by atoms with Crippen LogP contribution in [0.2, 0.25) is 5.02 Å². The molecule has 5 rings (SSSR count). The van der Waals surface area contributed by atoms with Crippen molar-refractivity contribution in [2.75, 3.05) is 24.9 Å². The maximum atomic E-state index is 13.3. The largest absolute Gasteiger partial charge is 0.505 e. The van der Waals surface area contributed by atoms with Crippen molar-refractivity contribution in [1.82, 2.24) is 0 Å². The number of ether oxygens (including phenoxy) is 2. The van der Waals surface area contributed by atoms with Crippen LogP contribution in [-0.2, 0) is 0 Å². The second-order valence-corrected chi connectivity index (χ2v) is 9.48. The lowest BCUT2D eigenvalue weighted by Crippen LogP contribution is -2.13. The Labute approximate surface area is 246 Å². The van der Waals surface area contributed by atoms with E-state index in [0.29, 0.717) is 44.2 Å². The number of nitrogens with one attached hydrogen (secondary N) is 2. The number of phenols is 1. The molecule has 0 fully saturated rings. The fourth-order valence-electron chi connectivity index (χ4n) is 4.30. The number of methoxy groups -OCH3 is 2. The van der Waals surface area contributed by atoms with E-state index in [1.165, 1.54) is 20.3 Å². The van der Waals surface area contributed by atoms with Crippen LogP contribution in [0.1, 0.15) is 20.7 Å². The van der Waals surface area contributed by atoms with E-state index in [1.54, 1.807) is 72.8 Å². The Bertz CT molecular complexity index is 1830. The number of carbonyl (C=O) groups excluding carboxylic acids is 2. The van der Waals surface area contributed by atoms with Gasteiger partial charge in [-0.25, -0.2) is 0 Å². The first-order valence-corrected chi connectivity index (χ1v) is 13.1. The molecule has 9 nitrogen and oxygen atoms in total. The normalized spacial score (nSPS) is 10.9. The van der Waals surface area contributed by atoms with Gasteiger partial charge >= 0.3 is 0 Å². The molecule has 0 bridgehead atoms. The molecule has 0 radical (unpaired) electrons. The van der Waals surface area contributed by atoms with Gasteiger partial charge in [-0.3, -0.25) is 9.59 Å². The topological polar surface area (TPSA) is 122 Å². The lowest BCUT2D eigenvalue weighted by atomic mass is 10.0. The molecule has 0 spiro atoms. The van der Waals surface area contributed by atoms with Crippen LogP contribution in [0.4, 0.5) is 22.7 Å². The average molecular weight is 581 g/mol. The fourth-order valence-corrected chi connectivity index (χ4v) is 4.47. The smallest absolute Gasteiger partial charge is 0.259 e. The van der Waals surface area contributed by atoms with Crippen LogP contribution < -0.4 is 20.1 Å². The van der Waals surface area contributed by atoms with Crippen molar-refractivity contribution in [3.63, 3.8) is 0 Å². The molecule has 0 heterocycles. The molecule has 5 aromatic carbocycles. The molecule has 0 atom stereocenters. The zero-order valence-corrected chi connectivity index (χ0v) is 23.3. The highest BCUT2D eigenvalue weighted by molar-refractivity contribution is 6.31.